The van der Waals surface area contributed by atoms with E-state index in [0.717, 1.165) is 24.8 Å². The Balaban J connectivity index is 1.49. The van der Waals surface area contributed by atoms with Crippen molar-refractivity contribution in [3.8, 4) is 0 Å². The minimum Gasteiger partial charge on any atom is -0.467 e. The summed E-state index contributed by atoms with van der Waals surface area (Å²) in [6.45, 7) is 0. The maximum atomic E-state index is 13.2. The van der Waals surface area contributed by atoms with Crippen LogP contribution in [0.1, 0.15) is 44.1 Å². The molecule has 1 aromatic carbocycles. The van der Waals surface area contributed by atoms with Gasteiger partial charge >= 0.3 is 5.97 Å². The first kappa shape index (κ1) is 17.8. The van der Waals surface area contributed by atoms with Gasteiger partial charge in [0.15, 0.2) is 0 Å². The number of benzene rings is 1. The smallest absolute Gasteiger partial charge is 0.328 e. The van der Waals surface area contributed by atoms with Gasteiger partial charge in [-0.15, -0.1) is 0 Å². The number of ether oxygens (including phenoxy) is 1. The zero-order valence-corrected chi connectivity index (χ0v) is 15.9. The van der Waals surface area contributed by atoms with E-state index in [0.29, 0.717) is 29.2 Å². The third-order valence-electron chi connectivity index (χ3n) is 6.66. The van der Waals surface area contributed by atoms with Gasteiger partial charge in [-0.1, -0.05) is 23.7 Å². The lowest BCUT2D eigenvalue weighted by Gasteiger charge is -2.55. The van der Waals surface area contributed by atoms with E-state index in [-0.39, 0.29) is 11.3 Å². The molecule has 4 nitrogen and oxygen atoms in total. The Labute approximate surface area is 159 Å². The van der Waals surface area contributed by atoms with Crippen LogP contribution in [0.5, 0.6) is 0 Å². The van der Waals surface area contributed by atoms with Gasteiger partial charge < -0.3 is 10.1 Å². The number of amides is 1. The summed E-state index contributed by atoms with van der Waals surface area (Å²) in [5, 5.41) is 3.70. The third-order valence-corrected chi connectivity index (χ3v) is 6.92. The largest absolute Gasteiger partial charge is 0.467 e. The summed E-state index contributed by atoms with van der Waals surface area (Å²) in [6, 6.07) is 6.71. The number of rotatable bonds is 5. The molecule has 4 bridgehead atoms. The number of carbonyl (C=O) groups is 2. The van der Waals surface area contributed by atoms with Gasteiger partial charge in [0.1, 0.15) is 6.04 Å². The van der Waals surface area contributed by atoms with Crippen LogP contribution in [0.4, 0.5) is 0 Å². The van der Waals surface area contributed by atoms with Crippen LogP contribution in [0.15, 0.2) is 24.3 Å². The minimum absolute atomic E-state index is 0.0564. The van der Waals surface area contributed by atoms with Crippen LogP contribution in [0.2, 0.25) is 5.02 Å². The van der Waals surface area contributed by atoms with E-state index in [1.165, 1.54) is 26.4 Å². The van der Waals surface area contributed by atoms with Crippen LogP contribution in [0, 0.1) is 23.2 Å². The first-order valence-electron chi connectivity index (χ1n) is 9.61. The number of halogens is 1. The van der Waals surface area contributed by atoms with E-state index in [1.54, 1.807) is 12.1 Å². The molecule has 4 aliphatic rings. The van der Waals surface area contributed by atoms with E-state index >= 15 is 0 Å². The highest BCUT2D eigenvalue weighted by atomic mass is 35.5. The summed E-state index contributed by atoms with van der Waals surface area (Å²) in [6.07, 6.45) is 7.24. The summed E-state index contributed by atoms with van der Waals surface area (Å²) in [5.74, 6) is 1.75. The predicted molar refractivity (Wildman–Crippen MR) is 99.7 cm³/mol. The molecule has 1 atom stereocenters. The molecule has 0 unspecified atom stereocenters. The van der Waals surface area contributed by atoms with Crippen molar-refractivity contribution < 1.29 is 14.3 Å². The Morgan fingerprint density at radius 3 is 2.15 bits per heavy atom. The van der Waals surface area contributed by atoms with Gasteiger partial charge in [0.05, 0.1) is 7.11 Å². The van der Waals surface area contributed by atoms with E-state index in [1.807, 2.05) is 12.1 Å². The molecule has 140 valence electrons. The molecule has 1 amide bonds. The molecule has 0 aromatic heterocycles. The quantitative estimate of drug-likeness (QED) is 0.797. The van der Waals surface area contributed by atoms with Gasteiger partial charge in [-0.05, 0) is 74.0 Å². The van der Waals surface area contributed by atoms with Crippen LogP contribution in [-0.4, -0.2) is 25.0 Å². The molecule has 5 rings (SSSR count). The Bertz CT molecular complexity index is 664. The van der Waals surface area contributed by atoms with Gasteiger partial charge in [0.2, 0.25) is 5.91 Å². The molecule has 5 heteroatoms. The fraction of sp³-hybridized carbons (Fsp3) is 0.619. The molecule has 4 saturated carbocycles. The first-order chi connectivity index (χ1) is 12.5. The van der Waals surface area contributed by atoms with Crippen molar-refractivity contribution in [3.05, 3.63) is 34.9 Å². The number of nitrogens with one attached hydrogen (secondary N) is 1. The summed E-state index contributed by atoms with van der Waals surface area (Å²) in [4.78, 5) is 25.5. The number of hydrogen-bond acceptors (Lipinski definition) is 3. The molecule has 0 spiro atoms. The average Bonchev–Trinajstić information content (AvgIpc) is 2.61. The summed E-state index contributed by atoms with van der Waals surface area (Å²) < 4.78 is 4.95. The van der Waals surface area contributed by atoms with Crippen molar-refractivity contribution in [2.75, 3.05) is 7.11 Å². The van der Waals surface area contributed by atoms with E-state index < -0.39 is 12.0 Å². The molecular weight excluding hydrogens is 350 g/mol. The number of hydrogen-bond donors (Lipinski definition) is 1. The molecule has 4 fully saturated rings. The standard InChI is InChI=1S/C21H26ClNO3/c1-26-19(24)18(9-13-2-4-17(22)5-3-13)23-20(25)21-10-14-6-15(11-21)8-16(7-14)12-21/h2-5,14-16,18H,6-12H2,1H3,(H,23,25)/t14?,15?,16?,18-,21?/m1/s1. The zero-order chi connectivity index (χ0) is 18.3. The van der Waals surface area contributed by atoms with Crippen molar-refractivity contribution in [1.29, 1.82) is 0 Å². The number of esters is 1. The summed E-state index contributed by atoms with van der Waals surface area (Å²) >= 11 is 5.94. The van der Waals surface area contributed by atoms with Crippen LogP contribution in [0.25, 0.3) is 0 Å². The lowest BCUT2D eigenvalue weighted by atomic mass is 9.49. The van der Waals surface area contributed by atoms with Crippen molar-refractivity contribution in [2.24, 2.45) is 23.2 Å². The van der Waals surface area contributed by atoms with Crippen LogP contribution >= 0.6 is 11.6 Å². The zero-order valence-electron chi connectivity index (χ0n) is 15.2. The lowest BCUT2D eigenvalue weighted by molar-refractivity contribution is -0.152. The molecule has 0 aliphatic heterocycles. The highest BCUT2D eigenvalue weighted by Crippen LogP contribution is 2.60. The number of methoxy groups -OCH3 is 1. The van der Waals surface area contributed by atoms with Gasteiger partial charge in [-0.3, -0.25) is 4.79 Å². The van der Waals surface area contributed by atoms with Crippen molar-refractivity contribution in [3.63, 3.8) is 0 Å². The Morgan fingerprint density at radius 1 is 1.12 bits per heavy atom. The molecule has 0 heterocycles. The maximum Gasteiger partial charge on any atom is 0.328 e. The van der Waals surface area contributed by atoms with Crippen LogP contribution < -0.4 is 5.32 Å². The fourth-order valence-corrected chi connectivity index (χ4v) is 6.02. The molecule has 0 radical (unpaired) electrons. The molecule has 4 aliphatic carbocycles. The first-order valence-corrected chi connectivity index (χ1v) is 9.98. The molecule has 26 heavy (non-hydrogen) atoms. The SMILES string of the molecule is COC(=O)[C@@H](Cc1ccc(Cl)cc1)NC(=O)C12CC3CC(CC(C3)C1)C2. The van der Waals surface area contributed by atoms with Gasteiger partial charge in [-0.2, -0.15) is 0 Å². The normalized spacial score (nSPS) is 32.9. The minimum atomic E-state index is -0.651. The van der Waals surface area contributed by atoms with E-state index in [2.05, 4.69) is 5.32 Å². The molecule has 1 N–H and O–H groups in total. The highest BCUT2D eigenvalue weighted by Gasteiger charge is 2.54. The maximum absolute atomic E-state index is 13.2. The summed E-state index contributed by atoms with van der Waals surface area (Å²) in [7, 11) is 1.37. The van der Waals surface area contributed by atoms with Crippen molar-refractivity contribution >= 4 is 23.5 Å². The van der Waals surface area contributed by atoms with E-state index in [9.17, 15) is 9.59 Å². The molecule has 0 saturated heterocycles. The van der Waals surface area contributed by atoms with Crippen LogP contribution in [0.3, 0.4) is 0 Å². The van der Waals surface area contributed by atoms with Gasteiger partial charge in [0.25, 0.3) is 0 Å². The van der Waals surface area contributed by atoms with Crippen LogP contribution in [-0.2, 0) is 20.7 Å². The van der Waals surface area contributed by atoms with E-state index in [4.69, 9.17) is 16.3 Å². The summed E-state index contributed by atoms with van der Waals surface area (Å²) in [5.41, 5.74) is 0.691. The number of carbonyl (C=O) groups excluding carboxylic acids is 2. The molecular formula is C21H26ClNO3. The fourth-order valence-electron chi connectivity index (χ4n) is 5.89. The Hall–Kier alpha value is -1.55. The third kappa shape index (κ3) is 3.36. The average molecular weight is 376 g/mol. The molecule has 1 aromatic rings. The Morgan fingerprint density at radius 2 is 1.65 bits per heavy atom. The van der Waals surface area contributed by atoms with Crippen molar-refractivity contribution in [2.45, 2.75) is 51.0 Å². The van der Waals surface area contributed by atoms with Gasteiger partial charge in [-0.25, -0.2) is 4.79 Å². The van der Waals surface area contributed by atoms with Gasteiger partial charge in [0, 0.05) is 16.9 Å². The second-order valence-corrected chi connectivity index (χ2v) is 9.01. The predicted octanol–water partition coefficient (Wildman–Crippen LogP) is 3.76. The van der Waals surface area contributed by atoms with Crippen molar-refractivity contribution in [1.82, 2.24) is 5.32 Å². The second-order valence-electron chi connectivity index (χ2n) is 8.58. The lowest BCUT2D eigenvalue weighted by Crippen LogP contribution is -2.56. The monoisotopic (exact) mass is 375 g/mol. The topological polar surface area (TPSA) is 55.4 Å². The second kappa shape index (κ2) is 6.88. The Kier molecular flexibility index (Phi) is 4.72. The highest BCUT2D eigenvalue weighted by molar-refractivity contribution is 6.30.